The zero-order valence-electron chi connectivity index (χ0n) is 18.1. The van der Waals surface area contributed by atoms with Crippen LogP contribution < -0.4 is 4.74 Å². The molecule has 4 aromatic rings. The predicted molar refractivity (Wildman–Crippen MR) is 110 cm³/mol. The van der Waals surface area contributed by atoms with Crippen LogP contribution in [-0.2, 0) is 32.7 Å². The summed E-state index contributed by atoms with van der Waals surface area (Å²) in [6.07, 6.45) is -2.13. The van der Waals surface area contributed by atoms with E-state index < -0.39 is 23.2 Å². The molecule has 0 radical (unpaired) electrons. The first-order valence-electron chi connectivity index (χ1n) is 9.72. The smallest absolute Gasteiger partial charge is 0.524 e. The molecule has 0 amide bonds. The number of halogens is 4. The monoisotopic (exact) mass is 650 g/mol. The van der Waals surface area contributed by atoms with Gasteiger partial charge in [-0.05, 0) is 31.7 Å². The van der Waals surface area contributed by atoms with Gasteiger partial charge in [-0.25, -0.2) is 4.39 Å². The molecular formula is C23H17F4N5OPt. The Kier molecular flexibility index (Phi) is 7.21. The molecule has 0 unspecified atom stereocenters. The second kappa shape index (κ2) is 9.62. The fourth-order valence-corrected chi connectivity index (χ4v) is 3.20. The maximum Gasteiger partial charge on any atom is 2.00 e. The number of rotatable bonds is 5. The van der Waals surface area contributed by atoms with Crippen LogP contribution in [0.15, 0.2) is 48.5 Å². The Morgan fingerprint density at radius 2 is 1.59 bits per heavy atom. The number of alkyl halides is 3. The summed E-state index contributed by atoms with van der Waals surface area (Å²) >= 11 is 0. The van der Waals surface area contributed by atoms with Crippen molar-refractivity contribution in [3.05, 3.63) is 83.8 Å². The predicted octanol–water partition coefficient (Wildman–Crippen LogP) is 4.81. The molecule has 0 bridgehead atoms. The summed E-state index contributed by atoms with van der Waals surface area (Å²) in [5, 5.41) is 3.53. The van der Waals surface area contributed by atoms with E-state index in [2.05, 4.69) is 32.3 Å². The van der Waals surface area contributed by atoms with Gasteiger partial charge < -0.3 is 14.4 Å². The standard InChI is InChI=1S/C23H17F4N5O.Pt/c1-22(2,16-7-4-6-15(28-16)14-10-11-19(24)30-21(14)33-3)17-8-5-9-20(29-17)32-13-12-18(31-32)23(25,26)27;/h4-9,11-12H,1-3H3;/q-2;+2. The minimum Gasteiger partial charge on any atom is -0.524 e. The minimum atomic E-state index is -4.57. The van der Waals surface area contributed by atoms with Crippen molar-refractivity contribution in [2.75, 3.05) is 7.11 Å². The molecule has 0 saturated heterocycles. The Labute approximate surface area is 207 Å². The van der Waals surface area contributed by atoms with Gasteiger partial charge in [-0.15, -0.1) is 12.1 Å². The summed E-state index contributed by atoms with van der Waals surface area (Å²) in [6, 6.07) is 14.9. The van der Waals surface area contributed by atoms with Crippen molar-refractivity contribution >= 4 is 0 Å². The Hall–Kier alpha value is -3.13. The quantitative estimate of drug-likeness (QED) is 0.176. The van der Waals surface area contributed by atoms with Crippen LogP contribution in [0.3, 0.4) is 0 Å². The third kappa shape index (κ3) is 5.01. The van der Waals surface area contributed by atoms with Gasteiger partial charge in [-0.3, -0.25) is 15.1 Å². The van der Waals surface area contributed by atoms with Gasteiger partial charge in [0.1, 0.15) is 11.8 Å². The van der Waals surface area contributed by atoms with E-state index in [4.69, 9.17) is 4.74 Å². The molecule has 0 atom stereocenters. The summed E-state index contributed by atoms with van der Waals surface area (Å²) in [5.41, 5.74) is 0.231. The van der Waals surface area contributed by atoms with Crippen LogP contribution in [-0.4, -0.2) is 31.8 Å². The Balaban J connectivity index is 0.00000324. The van der Waals surface area contributed by atoms with Gasteiger partial charge in [0.15, 0.2) is 0 Å². The van der Waals surface area contributed by atoms with Crippen molar-refractivity contribution in [2.24, 2.45) is 0 Å². The molecule has 4 aromatic heterocycles. The van der Waals surface area contributed by atoms with Crippen molar-refractivity contribution < 1.29 is 43.4 Å². The molecule has 4 heterocycles. The first-order valence-corrected chi connectivity index (χ1v) is 9.72. The average molecular weight is 650 g/mol. The molecule has 34 heavy (non-hydrogen) atoms. The van der Waals surface area contributed by atoms with Gasteiger partial charge in [-0.2, -0.15) is 13.2 Å². The molecule has 0 fully saturated rings. The number of ether oxygens (including phenoxy) is 1. The molecule has 0 spiro atoms. The molecule has 0 N–H and O–H groups in total. The maximum atomic E-state index is 13.5. The summed E-state index contributed by atoms with van der Waals surface area (Å²) < 4.78 is 58.3. The molecule has 0 aliphatic rings. The first kappa shape index (κ1) is 25.5. The maximum absolute atomic E-state index is 13.5. The first-order chi connectivity index (χ1) is 15.6. The fourth-order valence-electron chi connectivity index (χ4n) is 3.20. The summed E-state index contributed by atoms with van der Waals surface area (Å²) in [6.45, 7) is 3.76. The second-order valence-electron chi connectivity index (χ2n) is 7.59. The van der Waals surface area contributed by atoms with Gasteiger partial charge in [0.25, 0.3) is 0 Å². The Morgan fingerprint density at radius 3 is 2.24 bits per heavy atom. The Morgan fingerprint density at radius 1 is 0.912 bits per heavy atom. The van der Waals surface area contributed by atoms with Crippen LogP contribution in [0.2, 0.25) is 0 Å². The van der Waals surface area contributed by atoms with Crippen LogP contribution in [0, 0.1) is 18.2 Å². The van der Waals surface area contributed by atoms with E-state index in [0.717, 1.165) is 16.8 Å². The topological polar surface area (TPSA) is 65.7 Å². The van der Waals surface area contributed by atoms with E-state index in [-0.39, 0.29) is 32.8 Å². The molecule has 0 aromatic carbocycles. The van der Waals surface area contributed by atoms with Crippen LogP contribution >= 0.6 is 0 Å². The Bertz CT molecular complexity index is 1310. The van der Waals surface area contributed by atoms with E-state index >= 15 is 0 Å². The number of aromatic nitrogens is 5. The number of hydrogen-bond donors (Lipinski definition) is 0. The van der Waals surface area contributed by atoms with Crippen molar-refractivity contribution in [3.8, 4) is 23.0 Å². The SMILES string of the molecule is COc1nc(F)c[c-]c1-c1cccc(C(C)(C)c2cccc(-n3[c-]cc(C(F)(F)F)n3)n2)n1.[Pt+2]. The van der Waals surface area contributed by atoms with E-state index in [9.17, 15) is 17.6 Å². The van der Waals surface area contributed by atoms with E-state index in [1.165, 1.54) is 13.2 Å². The van der Waals surface area contributed by atoms with Crippen LogP contribution in [0.5, 0.6) is 5.88 Å². The summed E-state index contributed by atoms with van der Waals surface area (Å²) in [4.78, 5) is 12.9. The molecule has 11 heteroatoms. The van der Waals surface area contributed by atoms with Gasteiger partial charge in [0.05, 0.1) is 18.6 Å². The van der Waals surface area contributed by atoms with Gasteiger partial charge in [-0.1, -0.05) is 42.1 Å². The van der Waals surface area contributed by atoms with Gasteiger partial charge >= 0.3 is 27.2 Å². The molecule has 4 rings (SSSR count). The van der Waals surface area contributed by atoms with Gasteiger partial charge in [0.2, 0.25) is 0 Å². The van der Waals surface area contributed by atoms with Crippen LogP contribution in [0.1, 0.15) is 30.9 Å². The normalized spacial score (nSPS) is 11.7. The second-order valence-corrected chi connectivity index (χ2v) is 7.59. The average Bonchev–Trinajstić information content (AvgIpc) is 3.30. The van der Waals surface area contributed by atoms with E-state index in [1.54, 1.807) is 30.3 Å². The number of methoxy groups -OCH3 is 1. The molecule has 0 saturated carbocycles. The molecule has 6 nitrogen and oxygen atoms in total. The van der Waals surface area contributed by atoms with E-state index in [1.807, 2.05) is 13.8 Å². The van der Waals surface area contributed by atoms with Crippen molar-refractivity contribution in [2.45, 2.75) is 25.4 Å². The molecule has 178 valence electrons. The molecule has 0 aliphatic heterocycles. The minimum absolute atomic E-state index is 0. The zero-order chi connectivity index (χ0) is 23.8. The van der Waals surface area contributed by atoms with Crippen LogP contribution in [0.4, 0.5) is 17.6 Å². The van der Waals surface area contributed by atoms with Crippen molar-refractivity contribution in [3.63, 3.8) is 0 Å². The molecular weight excluding hydrogens is 633 g/mol. The van der Waals surface area contributed by atoms with Crippen molar-refractivity contribution in [1.29, 1.82) is 0 Å². The fraction of sp³-hybridized carbons (Fsp3) is 0.217. The zero-order valence-corrected chi connectivity index (χ0v) is 20.4. The molecule has 0 aliphatic carbocycles. The number of hydrogen-bond acceptors (Lipinski definition) is 5. The third-order valence-corrected chi connectivity index (χ3v) is 5.01. The van der Waals surface area contributed by atoms with E-state index in [0.29, 0.717) is 22.6 Å². The number of pyridine rings is 3. The summed E-state index contributed by atoms with van der Waals surface area (Å²) in [7, 11) is 1.37. The van der Waals surface area contributed by atoms with Crippen molar-refractivity contribution in [1.82, 2.24) is 24.7 Å². The third-order valence-electron chi connectivity index (χ3n) is 5.01. The largest absolute Gasteiger partial charge is 2.00 e. The number of nitrogens with zero attached hydrogens (tertiary/aromatic N) is 5. The van der Waals surface area contributed by atoms with Gasteiger partial charge in [0, 0.05) is 16.8 Å². The van der Waals surface area contributed by atoms with Crippen LogP contribution in [0.25, 0.3) is 17.1 Å². The summed E-state index contributed by atoms with van der Waals surface area (Å²) in [5.74, 6) is -0.491.